The molecule has 0 spiro atoms. The van der Waals surface area contributed by atoms with Gasteiger partial charge in [0.1, 0.15) is 0 Å². The van der Waals surface area contributed by atoms with E-state index in [-0.39, 0.29) is 0 Å². The Morgan fingerprint density at radius 2 is 1.73 bits per heavy atom. The van der Waals surface area contributed by atoms with Crippen molar-refractivity contribution in [3.05, 3.63) is 30.0 Å². The van der Waals surface area contributed by atoms with E-state index >= 15 is 0 Å². The van der Waals surface area contributed by atoms with Crippen LogP contribution in [0.4, 0.5) is 0 Å². The molecular formula is C13H18N2. The quantitative estimate of drug-likeness (QED) is 0.725. The molecule has 0 fully saturated rings. The second-order valence-corrected chi connectivity index (χ2v) is 4.60. The standard InChI is InChI=1S/C13H18N2/c1-9(2)13-11-7-5-6-8-12(11)15(14-13)10(3)4/h5-10H,1-4H3. The molecule has 2 rings (SSSR count). The lowest BCUT2D eigenvalue weighted by Crippen LogP contribution is -2.03. The molecule has 0 atom stereocenters. The van der Waals surface area contributed by atoms with Crippen molar-refractivity contribution >= 4 is 10.9 Å². The summed E-state index contributed by atoms with van der Waals surface area (Å²) in [4.78, 5) is 0. The Kier molecular flexibility index (Phi) is 2.51. The molecule has 0 aliphatic heterocycles. The molecule has 0 aliphatic rings. The van der Waals surface area contributed by atoms with Gasteiger partial charge < -0.3 is 0 Å². The van der Waals surface area contributed by atoms with Gasteiger partial charge in [0.15, 0.2) is 0 Å². The summed E-state index contributed by atoms with van der Waals surface area (Å²) >= 11 is 0. The van der Waals surface area contributed by atoms with Crippen molar-refractivity contribution in [1.82, 2.24) is 9.78 Å². The lowest BCUT2D eigenvalue weighted by Gasteiger charge is -2.06. The van der Waals surface area contributed by atoms with Crippen LogP contribution < -0.4 is 0 Å². The SMILES string of the molecule is CC(C)c1nn(C(C)C)c2ccccc12. The second kappa shape index (κ2) is 3.69. The molecular weight excluding hydrogens is 184 g/mol. The lowest BCUT2D eigenvalue weighted by molar-refractivity contribution is 0.539. The summed E-state index contributed by atoms with van der Waals surface area (Å²) in [5, 5.41) is 6.00. The van der Waals surface area contributed by atoms with Gasteiger partial charge in [-0.25, -0.2) is 0 Å². The average Bonchev–Trinajstić information content (AvgIpc) is 2.56. The molecule has 2 aromatic rings. The Bertz CT molecular complexity index is 424. The summed E-state index contributed by atoms with van der Waals surface area (Å²) in [6.45, 7) is 8.73. The topological polar surface area (TPSA) is 17.8 Å². The maximum absolute atomic E-state index is 4.70. The number of aromatic nitrogens is 2. The highest BCUT2D eigenvalue weighted by Crippen LogP contribution is 2.26. The third-order valence-electron chi connectivity index (χ3n) is 2.68. The highest BCUT2D eigenvalue weighted by molar-refractivity contribution is 5.82. The molecule has 0 saturated heterocycles. The second-order valence-electron chi connectivity index (χ2n) is 4.60. The van der Waals surface area contributed by atoms with E-state index in [1.807, 2.05) is 0 Å². The smallest absolute Gasteiger partial charge is 0.0728 e. The average molecular weight is 202 g/mol. The highest BCUT2D eigenvalue weighted by atomic mass is 15.3. The molecule has 80 valence electrons. The predicted molar refractivity (Wildman–Crippen MR) is 64.2 cm³/mol. The number of rotatable bonds is 2. The molecule has 0 radical (unpaired) electrons. The van der Waals surface area contributed by atoms with Crippen LogP contribution >= 0.6 is 0 Å². The van der Waals surface area contributed by atoms with Gasteiger partial charge in [-0.1, -0.05) is 32.0 Å². The molecule has 1 aromatic heterocycles. The largest absolute Gasteiger partial charge is 0.262 e. The fraction of sp³-hybridized carbons (Fsp3) is 0.462. The Morgan fingerprint density at radius 3 is 2.33 bits per heavy atom. The van der Waals surface area contributed by atoms with E-state index in [1.165, 1.54) is 16.6 Å². The van der Waals surface area contributed by atoms with E-state index in [4.69, 9.17) is 5.10 Å². The van der Waals surface area contributed by atoms with E-state index in [2.05, 4.69) is 56.6 Å². The van der Waals surface area contributed by atoms with Gasteiger partial charge in [0.2, 0.25) is 0 Å². The molecule has 0 aliphatic carbocycles. The van der Waals surface area contributed by atoms with E-state index in [9.17, 15) is 0 Å². The molecule has 0 N–H and O–H groups in total. The number of hydrogen-bond donors (Lipinski definition) is 0. The van der Waals surface area contributed by atoms with E-state index in [1.54, 1.807) is 0 Å². The Morgan fingerprint density at radius 1 is 1.07 bits per heavy atom. The van der Waals surface area contributed by atoms with E-state index in [0.717, 1.165) is 0 Å². The highest BCUT2D eigenvalue weighted by Gasteiger charge is 2.13. The molecule has 0 bridgehead atoms. The molecule has 1 heterocycles. The summed E-state index contributed by atoms with van der Waals surface area (Å²) in [5.41, 5.74) is 2.45. The first-order valence-corrected chi connectivity index (χ1v) is 5.58. The fourth-order valence-electron chi connectivity index (χ4n) is 1.93. The molecule has 1 aromatic carbocycles. The number of benzene rings is 1. The van der Waals surface area contributed by atoms with Gasteiger partial charge in [-0.2, -0.15) is 5.10 Å². The van der Waals surface area contributed by atoms with E-state index in [0.29, 0.717) is 12.0 Å². The maximum Gasteiger partial charge on any atom is 0.0728 e. The molecule has 2 heteroatoms. The summed E-state index contributed by atoms with van der Waals surface area (Å²) in [6, 6.07) is 8.89. The summed E-state index contributed by atoms with van der Waals surface area (Å²) in [7, 11) is 0. The van der Waals surface area contributed by atoms with Crippen LogP contribution in [-0.2, 0) is 0 Å². The minimum atomic E-state index is 0.419. The molecule has 0 amide bonds. The zero-order chi connectivity index (χ0) is 11.0. The number of para-hydroxylation sites is 1. The van der Waals surface area contributed by atoms with Crippen molar-refractivity contribution < 1.29 is 0 Å². The predicted octanol–water partition coefficient (Wildman–Crippen LogP) is 3.74. The Hall–Kier alpha value is -1.31. The molecule has 15 heavy (non-hydrogen) atoms. The van der Waals surface area contributed by atoms with Crippen molar-refractivity contribution in [3.8, 4) is 0 Å². The van der Waals surface area contributed by atoms with Crippen LogP contribution in [0, 0.1) is 0 Å². The third kappa shape index (κ3) is 1.65. The van der Waals surface area contributed by atoms with Crippen LogP contribution in [0.2, 0.25) is 0 Å². The summed E-state index contributed by atoms with van der Waals surface area (Å²) < 4.78 is 2.12. The molecule has 0 unspecified atom stereocenters. The first-order valence-electron chi connectivity index (χ1n) is 5.58. The van der Waals surface area contributed by atoms with Gasteiger partial charge >= 0.3 is 0 Å². The van der Waals surface area contributed by atoms with Crippen molar-refractivity contribution in [2.75, 3.05) is 0 Å². The van der Waals surface area contributed by atoms with Gasteiger partial charge in [0.25, 0.3) is 0 Å². The number of nitrogens with zero attached hydrogens (tertiary/aromatic N) is 2. The molecule has 2 nitrogen and oxygen atoms in total. The van der Waals surface area contributed by atoms with Crippen molar-refractivity contribution in [3.63, 3.8) is 0 Å². The van der Waals surface area contributed by atoms with E-state index < -0.39 is 0 Å². The van der Waals surface area contributed by atoms with Gasteiger partial charge in [-0.15, -0.1) is 0 Å². The van der Waals surface area contributed by atoms with Crippen LogP contribution in [0.25, 0.3) is 10.9 Å². The van der Waals surface area contributed by atoms with Crippen molar-refractivity contribution in [1.29, 1.82) is 0 Å². The summed E-state index contributed by atoms with van der Waals surface area (Å²) in [6.07, 6.45) is 0. The third-order valence-corrected chi connectivity index (χ3v) is 2.68. The monoisotopic (exact) mass is 202 g/mol. The van der Waals surface area contributed by atoms with Gasteiger partial charge in [0.05, 0.1) is 11.2 Å². The zero-order valence-electron chi connectivity index (χ0n) is 9.86. The summed E-state index contributed by atoms with van der Waals surface area (Å²) in [5.74, 6) is 0.481. The van der Waals surface area contributed by atoms with Crippen molar-refractivity contribution in [2.45, 2.75) is 39.7 Å². The van der Waals surface area contributed by atoms with Gasteiger partial charge in [-0.3, -0.25) is 4.68 Å². The minimum absolute atomic E-state index is 0.419. The van der Waals surface area contributed by atoms with Crippen LogP contribution in [-0.4, -0.2) is 9.78 Å². The minimum Gasteiger partial charge on any atom is -0.262 e. The van der Waals surface area contributed by atoms with Crippen LogP contribution in [0.3, 0.4) is 0 Å². The van der Waals surface area contributed by atoms with Crippen LogP contribution in [0.15, 0.2) is 24.3 Å². The van der Waals surface area contributed by atoms with Crippen molar-refractivity contribution in [2.24, 2.45) is 0 Å². The van der Waals surface area contributed by atoms with Gasteiger partial charge in [0, 0.05) is 11.4 Å². The van der Waals surface area contributed by atoms with Crippen LogP contribution in [0.5, 0.6) is 0 Å². The Labute approximate surface area is 90.9 Å². The first-order chi connectivity index (χ1) is 7.11. The number of fused-ring (bicyclic) bond motifs is 1. The van der Waals surface area contributed by atoms with Crippen LogP contribution in [0.1, 0.15) is 45.3 Å². The van der Waals surface area contributed by atoms with Gasteiger partial charge in [-0.05, 0) is 25.8 Å². The normalized spacial score (nSPS) is 11.9. The number of hydrogen-bond acceptors (Lipinski definition) is 1. The first kappa shape index (κ1) is 10.2. The maximum atomic E-state index is 4.70. The molecule has 0 saturated carbocycles. The zero-order valence-corrected chi connectivity index (χ0v) is 9.86. The fourth-order valence-corrected chi connectivity index (χ4v) is 1.93. The lowest BCUT2D eigenvalue weighted by atomic mass is 10.1. The Balaban J connectivity index is 2.73.